The fourth-order valence-electron chi connectivity index (χ4n) is 2.84. The van der Waals surface area contributed by atoms with Crippen LogP contribution in [0.4, 0.5) is 4.39 Å². The van der Waals surface area contributed by atoms with Gasteiger partial charge < -0.3 is 15.3 Å². The summed E-state index contributed by atoms with van der Waals surface area (Å²) in [5.74, 6) is -2.87. The van der Waals surface area contributed by atoms with Gasteiger partial charge in [0.25, 0.3) is 5.91 Å². The minimum atomic E-state index is -1.05. The first kappa shape index (κ1) is 19.4. The molecule has 1 saturated heterocycles. The van der Waals surface area contributed by atoms with Gasteiger partial charge in [0.15, 0.2) is 0 Å². The van der Waals surface area contributed by atoms with Crippen LogP contribution in [0.25, 0.3) is 0 Å². The number of amides is 2. The normalized spacial score (nSPS) is 18.3. The summed E-state index contributed by atoms with van der Waals surface area (Å²) in [5.41, 5.74) is 0.0929. The quantitative estimate of drug-likeness (QED) is 0.774. The van der Waals surface area contributed by atoms with Crippen LogP contribution in [0.1, 0.15) is 37.0 Å². The average molecular weight is 415 g/mol. The second-order valence-corrected chi connectivity index (χ2v) is 7.21. The van der Waals surface area contributed by atoms with Crippen LogP contribution in [0.5, 0.6) is 0 Å². The van der Waals surface area contributed by atoms with Crippen LogP contribution in [0.15, 0.2) is 22.7 Å². The van der Waals surface area contributed by atoms with E-state index in [0.29, 0.717) is 19.4 Å². The lowest BCUT2D eigenvalue weighted by atomic mass is 10.0. The Morgan fingerprint density at radius 2 is 2.04 bits per heavy atom. The molecule has 1 fully saturated rings. The second kappa shape index (κ2) is 7.95. The predicted molar refractivity (Wildman–Crippen MR) is 92.6 cm³/mol. The van der Waals surface area contributed by atoms with Crippen LogP contribution in [-0.2, 0) is 9.59 Å². The van der Waals surface area contributed by atoms with E-state index in [2.05, 4.69) is 21.2 Å². The van der Waals surface area contributed by atoms with E-state index in [-0.39, 0.29) is 16.0 Å². The third kappa shape index (κ3) is 4.36. The molecular formula is C17H20BrFN2O4. The van der Waals surface area contributed by atoms with Crippen LogP contribution in [0, 0.1) is 11.7 Å². The zero-order valence-corrected chi connectivity index (χ0v) is 15.5. The van der Waals surface area contributed by atoms with Gasteiger partial charge in [-0.2, -0.15) is 0 Å². The fraction of sp³-hybridized carbons (Fsp3) is 0.471. The van der Waals surface area contributed by atoms with Crippen LogP contribution < -0.4 is 5.32 Å². The van der Waals surface area contributed by atoms with E-state index in [0.717, 1.165) is 6.07 Å². The number of nitrogens with zero attached hydrogens (tertiary/aromatic N) is 1. The topological polar surface area (TPSA) is 86.7 Å². The molecule has 0 spiro atoms. The lowest BCUT2D eigenvalue weighted by molar-refractivity contribution is -0.149. The number of carboxylic acids is 1. The van der Waals surface area contributed by atoms with Crippen LogP contribution >= 0.6 is 15.9 Å². The molecule has 25 heavy (non-hydrogen) atoms. The average Bonchev–Trinajstić information content (AvgIpc) is 3.04. The molecule has 0 radical (unpaired) electrons. The molecule has 1 aliphatic rings. The highest BCUT2D eigenvalue weighted by atomic mass is 79.9. The molecule has 136 valence electrons. The van der Waals surface area contributed by atoms with Crippen LogP contribution in [0.2, 0.25) is 0 Å². The smallest absolute Gasteiger partial charge is 0.326 e. The Labute approximate surface area is 153 Å². The van der Waals surface area contributed by atoms with E-state index < -0.39 is 35.7 Å². The number of benzene rings is 1. The van der Waals surface area contributed by atoms with Crippen LogP contribution in [0.3, 0.4) is 0 Å². The molecule has 2 N–H and O–H groups in total. The molecule has 0 aromatic heterocycles. The number of nitrogens with one attached hydrogen (secondary N) is 1. The van der Waals surface area contributed by atoms with Gasteiger partial charge in [-0.3, -0.25) is 9.59 Å². The van der Waals surface area contributed by atoms with Crippen molar-refractivity contribution in [1.82, 2.24) is 10.2 Å². The van der Waals surface area contributed by atoms with Gasteiger partial charge in [-0.25, -0.2) is 9.18 Å². The largest absolute Gasteiger partial charge is 0.480 e. The molecule has 0 unspecified atom stereocenters. The van der Waals surface area contributed by atoms with E-state index in [4.69, 9.17) is 0 Å². The maximum atomic E-state index is 13.6. The number of carboxylic acid groups (broad SMARTS) is 1. The highest BCUT2D eigenvalue weighted by Crippen LogP contribution is 2.21. The third-order valence-corrected chi connectivity index (χ3v) is 4.87. The zero-order chi connectivity index (χ0) is 18.7. The number of halogens is 2. The van der Waals surface area contributed by atoms with E-state index >= 15 is 0 Å². The molecule has 1 aromatic rings. The van der Waals surface area contributed by atoms with Gasteiger partial charge in [0, 0.05) is 12.1 Å². The maximum absolute atomic E-state index is 13.6. The van der Waals surface area contributed by atoms with E-state index in [9.17, 15) is 23.9 Å². The SMILES string of the molecule is CC(C)[C@H](NC(=O)c1ccc(Br)c(F)c1)C(=O)N1CCC[C@H]1C(=O)O. The molecule has 1 aromatic carbocycles. The Balaban J connectivity index is 2.17. The highest BCUT2D eigenvalue weighted by Gasteiger charge is 2.38. The number of likely N-dealkylation sites (tertiary alicyclic amines) is 1. The van der Waals surface area contributed by atoms with E-state index in [1.54, 1.807) is 13.8 Å². The molecule has 1 aliphatic heterocycles. The van der Waals surface area contributed by atoms with Crippen molar-refractivity contribution < 1.29 is 23.9 Å². The molecular weight excluding hydrogens is 395 g/mol. The van der Waals surface area contributed by atoms with Crippen molar-refractivity contribution in [3.05, 3.63) is 34.1 Å². The summed E-state index contributed by atoms with van der Waals surface area (Å²) in [6.45, 7) is 3.87. The van der Waals surface area contributed by atoms with E-state index in [1.807, 2.05) is 0 Å². The number of carbonyl (C=O) groups excluding carboxylic acids is 2. The van der Waals surface area contributed by atoms with E-state index in [1.165, 1.54) is 17.0 Å². The summed E-state index contributed by atoms with van der Waals surface area (Å²) in [6.07, 6.45) is 1.01. The lowest BCUT2D eigenvalue weighted by Gasteiger charge is -2.29. The van der Waals surface area contributed by atoms with Crippen molar-refractivity contribution in [3.63, 3.8) is 0 Å². The number of hydrogen-bond donors (Lipinski definition) is 2. The van der Waals surface area contributed by atoms with Crippen molar-refractivity contribution in [2.24, 2.45) is 5.92 Å². The molecule has 0 bridgehead atoms. The summed E-state index contributed by atoms with van der Waals surface area (Å²) in [6, 6.07) is 2.20. The van der Waals surface area contributed by atoms with Crippen LogP contribution in [-0.4, -0.2) is 46.4 Å². The molecule has 2 rings (SSSR count). The molecule has 0 aliphatic carbocycles. The summed E-state index contributed by atoms with van der Waals surface area (Å²) in [4.78, 5) is 37.7. The van der Waals surface area contributed by atoms with Crippen molar-refractivity contribution in [2.75, 3.05) is 6.54 Å². The first-order valence-corrected chi connectivity index (χ1v) is 8.81. The summed E-state index contributed by atoms with van der Waals surface area (Å²) in [7, 11) is 0. The number of carbonyl (C=O) groups is 3. The van der Waals surface area contributed by atoms with Gasteiger partial charge in [0.05, 0.1) is 4.47 Å². The minimum absolute atomic E-state index is 0.0929. The Kier molecular flexibility index (Phi) is 6.16. The second-order valence-electron chi connectivity index (χ2n) is 6.35. The van der Waals surface area contributed by atoms with Crippen molar-refractivity contribution in [3.8, 4) is 0 Å². The molecule has 2 amide bonds. The highest BCUT2D eigenvalue weighted by molar-refractivity contribution is 9.10. The first-order chi connectivity index (χ1) is 11.7. The maximum Gasteiger partial charge on any atom is 0.326 e. The Morgan fingerprint density at radius 3 is 2.60 bits per heavy atom. The van der Waals surface area contributed by atoms with Gasteiger partial charge in [0.1, 0.15) is 17.9 Å². The zero-order valence-electron chi connectivity index (χ0n) is 14.0. The first-order valence-electron chi connectivity index (χ1n) is 8.01. The number of rotatable bonds is 5. The lowest BCUT2D eigenvalue weighted by Crippen LogP contribution is -2.53. The van der Waals surface area contributed by atoms with Gasteiger partial charge in [0.2, 0.25) is 5.91 Å². The standard InChI is InChI=1S/C17H20BrFN2O4/c1-9(2)14(16(23)21-7-3-4-13(21)17(24)25)20-15(22)10-5-6-11(18)12(19)8-10/h5-6,8-9,13-14H,3-4,7H2,1-2H3,(H,20,22)(H,24,25)/t13-,14-/m0/s1. The Bertz CT molecular complexity index is 695. The summed E-state index contributed by atoms with van der Waals surface area (Å²) in [5, 5.41) is 11.9. The Hall–Kier alpha value is -1.96. The molecule has 0 saturated carbocycles. The van der Waals surface area contributed by atoms with Crippen molar-refractivity contribution in [2.45, 2.75) is 38.8 Å². The van der Waals surface area contributed by atoms with Gasteiger partial charge in [-0.15, -0.1) is 0 Å². The monoisotopic (exact) mass is 414 g/mol. The Morgan fingerprint density at radius 1 is 1.36 bits per heavy atom. The molecule has 1 heterocycles. The summed E-state index contributed by atoms with van der Waals surface area (Å²) >= 11 is 3.02. The minimum Gasteiger partial charge on any atom is -0.480 e. The van der Waals surface area contributed by atoms with Crippen molar-refractivity contribution in [1.29, 1.82) is 0 Å². The fourth-order valence-corrected chi connectivity index (χ4v) is 3.09. The molecule has 6 nitrogen and oxygen atoms in total. The summed E-state index contributed by atoms with van der Waals surface area (Å²) < 4.78 is 13.9. The molecule has 2 atom stereocenters. The number of hydrogen-bond acceptors (Lipinski definition) is 3. The predicted octanol–water partition coefficient (Wildman–Crippen LogP) is 2.42. The van der Waals surface area contributed by atoms with Gasteiger partial charge >= 0.3 is 5.97 Å². The third-order valence-electron chi connectivity index (χ3n) is 4.22. The van der Waals surface area contributed by atoms with Gasteiger partial charge in [-0.1, -0.05) is 13.8 Å². The van der Waals surface area contributed by atoms with Gasteiger partial charge in [-0.05, 0) is 52.9 Å². The van der Waals surface area contributed by atoms with Crippen molar-refractivity contribution >= 4 is 33.7 Å². The number of aliphatic carboxylic acids is 1. The molecule has 8 heteroatoms.